The van der Waals surface area contributed by atoms with Crippen LogP contribution in [0.1, 0.15) is 44.7 Å². The van der Waals surface area contributed by atoms with Gasteiger partial charge in [-0.25, -0.2) is 0 Å². The lowest BCUT2D eigenvalue weighted by atomic mass is 9.84. The van der Waals surface area contributed by atoms with Crippen LogP contribution in [-0.4, -0.2) is 11.7 Å². The Balaban J connectivity index is 2.87. The fraction of sp³-hybridized carbons (Fsp3) is 0.571. The molecule has 0 unspecified atom stereocenters. The molecule has 2 heteroatoms. The highest BCUT2D eigenvalue weighted by molar-refractivity contribution is 5.44. The van der Waals surface area contributed by atoms with Crippen molar-refractivity contribution < 1.29 is 5.11 Å². The van der Waals surface area contributed by atoms with Crippen LogP contribution in [0.15, 0.2) is 18.2 Å². The summed E-state index contributed by atoms with van der Waals surface area (Å²) in [7, 11) is 0. The van der Waals surface area contributed by atoms with E-state index in [4.69, 9.17) is 5.73 Å². The largest absolute Gasteiger partial charge is 0.507 e. The van der Waals surface area contributed by atoms with Crippen molar-refractivity contribution in [1.29, 1.82) is 0 Å². The summed E-state index contributed by atoms with van der Waals surface area (Å²) in [5, 5.41) is 10.2. The molecule has 0 bridgehead atoms. The maximum atomic E-state index is 10.2. The lowest BCUT2D eigenvalue weighted by Crippen LogP contribution is -2.12. The minimum Gasteiger partial charge on any atom is -0.507 e. The van der Waals surface area contributed by atoms with Crippen molar-refractivity contribution in [3.63, 3.8) is 0 Å². The molecule has 0 radical (unpaired) electrons. The Hall–Kier alpha value is -1.02. The van der Waals surface area contributed by atoms with Crippen molar-refractivity contribution >= 4 is 0 Å². The third-order valence-electron chi connectivity index (χ3n) is 2.83. The minimum atomic E-state index is -0.00599. The second-order valence-electron chi connectivity index (χ2n) is 5.31. The molecule has 0 fully saturated rings. The predicted octanol–water partition coefficient (Wildman–Crippen LogP) is 2.97. The summed E-state index contributed by atoms with van der Waals surface area (Å²) in [6.07, 6.45) is 2.96. The molecule has 1 aromatic carbocycles. The summed E-state index contributed by atoms with van der Waals surface area (Å²) < 4.78 is 0. The van der Waals surface area contributed by atoms with Crippen LogP contribution < -0.4 is 5.73 Å². The Kier molecular flexibility index (Phi) is 4.36. The van der Waals surface area contributed by atoms with E-state index in [1.54, 1.807) is 0 Å². The van der Waals surface area contributed by atoms with E-state index in [-0.39, 0.29) is 5.41 Å². The van der Waals surface area contributed by atoms with Gasteiger partial charge in [-0.05, 0) is 42.3 Å². The van der Waals surface area contributed by atoms with Crippen LogP contribution in [0.25, 0.3) is 0 Å². The van der Waals surface area contributed by atoms with Crippen molar-refractivity contribution in [1.82, 2.24) is 0 Å². The summed E-state index contributed by atoms with van der Waals surface area (Å²) in [6, 6.07) is 6.03. The first-order valence-corrected chi connectivity index (χ1v) is 5.98. The van der Waals surface area contributed by atoms with Gasteiger partial charge in [-0.15, -0.1) is 0 Å². The van der Waals surface area contributed by atoms with Crippen molar-refractivity contribution in [2.45, 2.75) is 45.4 Å². The van der Waals surface area contributed by atoms with Crippen LogP contribution in [0, 0.1) is 0 Å². The summed E-state index contributed by atoms with van der Waals surface area (Å²) in [5.41, 5.74) is 7.53. The zero-order valence-corrected chi connectivity index (χ0v) is 10.6. The van der Waals surface area contributed by atoms with Crippen LogP contribution in [0.3, 0.4) is 0 Å². The van der Waals surface area contributed by atoms with E-state index < -0.39 is 0 Å². The van der Waals surface area contributed by atoms with E-state index in [9.17, 15) is 5.11 Å². The van der Waals surface area contributed by atoms with Gasteiger partial charge in [-0.1, -0.05) is 39.0 Å². The molecule has 0 spiro atoms. The SMILES string of the molecule is CC(C)(C)c1cccc(CCCCN)c1O. The van der Waals surface area contributed by atoms with Gasteiger partial charge < -0.3 is 10.8 Å². The van der Waals surface area contributed by atoms with E-state index in [1.807, 2.05) is 18.2 Å². The predicted molar refractivity (Wildman–Crippen MR) is 68.8 cm³/mol. The van der Waals surface area contributed by atoms with Gasteiger partial charge in [0.1, 0.15) is 5.75 Å². The number of hydrogen-bond donors (Lipinski definition) is 2. The molecule has 0 aliphatic rings. The van der Waals surface area contributed by atoms with Gasteiger partial charge in [0.15, 0.2) is 0 Å². The molecule has 0 saturated carbocycles. The van der Waals surface area contributed by atoms with E-state index in [2.05, 4.69) is 20.8 Å². The van der Waals surface area contributed by atoms with Crippen LogP contribution in [0.5, 0.6) is 5.75 Å². The molecule has 16 heavy (non-hydrogen) atoms. The van der Waals surface area contributed by atoms with Crippen LogP contribution in [0.2, 0.25) is 0 Å². The minimum absolute atomic E-state index is 0.00599. The quantitative estimate of drug-likeness (QED) is 0.768. The Morgan fingerprint density at radius 3 is 2.44 bits per heavy atom. The highest BCUT2D eigenvalue weighted by Gasteiger charge is 2.19. The summed E-state index contributed by atoms with van der Waals surface area (Å²) >= 11 is 0. The molecule has 0 saturated heterocycles. The topological polar surface area (TPSA) is 46.2 Å². The molecule has 0 heterocycles. The molecule has 0 amide bonds. The Bertz CT molecular complexity index is 339. The summed E-state index contributed by atoms with van der Waals surface area (Å²) in [6.45, 7) is 7.07. The number of hydrogen-bond acceptors (Lipinski definition) is 2. The third kappa shape index (κ3) is 3.24. The van der Waals surface area contributed by atoms with E-state index in [1.165, 1.54) is 0 Å². The van der Waals surface area contributed by atoms with E-state index in [0.717, 1.165) is 36.9 Å². The number of rotatable bonds is 4. The van der Waals surface area contributed by atoms with Gasteiger partial charge in [-0.2, -0.15) is 0 Å². The molecule has 0 atom stereocenters. The van der Waals surface area contributed by atoms with Gasteiger partial charge in [0.25, 0.3) is 0 Å². The molecule has 1 rings (SSSR count). The molecular weight excluding hydrogens is 198 g/mol. The first-order chi connectivity index (χ1) is 7.46. The van der Waals surface area contributed by atoms with Gasteiger partial charge >= 0.3 is 0 Å². The fourth-order valence-corrected chi connectivity index (χ4v) is 1.86. The van der Waals surface area contributed by atoms with Crippen LogP contribution in [-0.2, 0) is 11.8 Å². The monoisotopic (exact) mass is 221 g/mol. The summed E-state index contributed by atoms with van der Waals surface area (Å²) in [4.78, 5) is 0. The summed E-state index contributed by atoms with van der Waals surface area (Å²) in [5.74, 6) is 0.465. The fourth-order valence-electron chi connectivity index (χ4n) is 1.86. The van der Waals surface area contributed by atoms with Crippen molar-refractivity contribution in [3.8, 4) is 5.75 Å². The Morgan fingerprint density at radius 2 is 1.88 bits per heavy atom. The van der Waals surface area contributed by atoms with Crippen molar-refractivity contribution in [2.75, 3.05) is 6.54 Å². The van der Waals surface area contributed by atoms with Gasteiger partial charge in [-0.3, -0.25) is 0 Å². The molecular formula is C14H23NO. The van der Waals surface area contributed by atoms with Crippen molar-refractivity contribution in [3.05, 3.63) is 29.3 Å². The molecule has 3 N–H and O–H groups in total. The number of nitrogens with two attached hydrogens (primary N) is 1. The number of benzene rings is 1. The zero-order chi connectivity index (χ0) is 12.2. The average Bonchev–Trinajstić information content (AvgIpc) is 2.19. The van der Waals surface area contributed by atoms with E-state index >= 15 is 0 Å². The first kappa shape index (κ1) is 13.0. The lowest BCUT2D eigenvalue weighted by molar-refractivity contribution is 0.439. The number of aryl methyl sites for hydroxylation is 1. The normalized spacial score (nSPS) is 11.8. The van der Waals surface area contributed by atoms with Crippen LogP contribution in [0.4, 0.5) is 0 Å². The zero-order valence-electron chi connectivity index (χ0n) is 10.6. The molecule has 1 aromatic rings. The molecule has 0 aliphatic heterocycles. The maximum Gasteiger partial charge on any atom is 0.122 e. The highest BCUT2D eigenvalue weighted by atomic mass is 16.3. The van der Waals surface area contributed by atoms with Gasteiger partial charge in [0.05, 0.1) is 0 Å². The first-order valence-electron chi connectivity index (χ1n) is 5.98. The smallest absolute Gasteiger partial charge is 0.122 e. The molecule has 2 nitrogen and oxygen atoms in total. The maximum absolute atomic E-state index is 10.2. The second-order valence-corrected chi connectivity index (χ2v) is 5.31. The average molecular weight is 221 g/mol. The lowest BCUT2D eigenvalue weighted by Gasteiger charge is -2.21. The molecule has 90 valence electrons. The Morgan fingerprint density at radius 1 is 1.19 bits per heavy atom. The van der Waals surface area contributed by atoms with Gasteiger partial charge in [0, 0.05) is 0 Å². The number of phenolic OH excluding ortho intramolecular Hbond substituents is 1. The molecule has 0 aromatic heterocycles. The second kappa shape index (κ2) is 5.35. The highest BCUT2D eigenvalue weighted by Crippen LogP contribution is 2.33. The van der Waals surface area contributed by atoms with Crippen molar-refractivity contribution in [2.24, 2.45) is 5.73 Å². The third-order valence-corrected chi connectivity index (χ3v) is 2.83. The standard InChI is InChI=1S/C14H23NO/c1-14(2,3)12-9-6-8-11(13(12)16)7-4-5-10-15/h6,8-9,16H,4-5,7,10,15H2,1-3H3. The number of phenols is 1. The number of aromatic hydroxyl groups is 1. The number of unbranched alkanes of at least 4 members (excludes halogenated alkanes) is 1. The van der Waals surface area contributed by atoms with Crippen LogP contribution >= 0.6 is 0 Å². The van der Waals surface area contributed by atoms with Gasteiger partial charge in [0.2, 0.25) is 0 Å². The molecule has 0 aliphatic carbocycles. The number of para-hydroxylation sites is 1. The van der Waals surface area contributed by atoms with E-state index in [0.29, 0.717) is 5.75 Å². The Labute approximate surface area is 98.5 Å².